The van der Waals surface area contributed by atoms with Gasteiger partial charge < -0.3 is 14.9 Å². The summed E-state index contributed by atoms with van der Waals surface area (Å²) in [5, 5.41) is 27.4. The van der Waals surface area contributed by atoms with E-state index >= 15 is 0 Å². The molecule has 4 rings (SSSR count). The highest BCUT2D eigenvalue weighted by Crippen LogP contribution is 2.48. The number of nitrogens with zero attached hydrogens (tertiary/aromatic N) is 3. The van der Waals surface area contributed by atoms with Gasteiger partial charge in [0.25, 0.3) is 11.6 Å². The Kier molecular flexibility index (Phi) is 5.65. The molecule has 1 atom stereocenters. The van der Waals surface area contributed by atoms with Crippen LogP contribution < -0.4 is 5.32 Å². The summed E-state index contributed by atoms with van der Waals surface area (Å²) < 4.78 is 5.34. The molecular formula is C23H24N4O5. The minimum absolute atomic E-state index is 0.00661. The van der Waals surface area contributed by atoms with Crippen molar-refractivity contribution in [2.75, 3.05) is 6.54 Å². The van der Waals surface area contributed by atoms with Gasteiger partial charge in [0.2, 0.25) is 5.91 Å². The normalized spacial score (nSPS) is 15.2. The summed E-state index contributed by atoms with van der Waals surface area (Å²) in [4.78, 5) is 27.8. The molecule has 166 valence electrons. The van der Waals surface area contributed by atoms with Gasteiger partial charge in [0.15, 0.2) is 5.82 Å². The van der Waals surface area contributed by atoms with Gasteiger partial charge in [-0.1, -0.05) is 24.2 Å². The molecule has 3 aromatic rings. The largest absolute Gasteiger partial charge is 0.508 e. The third-order valence-electron chi connectivity index (χ3n) is 5.91. The minimum Gasteiger partial charge on any atom is -0.508 e. The maximum atomic E-state index is 12.8. The minimum atomic E-state index is -0.433. The van der Waals surface area contributed by atoms with Gasteiger partial charge in [0, 0.05) is 29.7 Å². The standard InChI is InChI=1S/C23H24N4O5/c1-14-11-17(5-8-19(14)27(30)31)21-25-20(26-32-21)15(2)13-24-22(29)23(9-10-23)12-16-3-6-18(28)7-4-16/h3-8,11,15,28H,9-10,12-13H2,1-2H3,(H,24,29). The van der Waals surface area contributed by atoms with Crippen LogP contribution >= 0.6 is 0 Å². The molecule has 1 heterocycles. The van der Waals surface area contributed by atoms with Crippen LogP contribution in [0.2, 0.25) is 0 Å². The number of aromatic hydroxyl groups is 1. The molecule has 0 radical (unpaired) electrons. The first-order valence-corrected chi connectivity index (χ1v) is 10.4. The van der Waals surface area contributed by atoms with E-state index in [4.69, 9.17) is 4.52 Å². The summed E-state index contributed by atoms with van der Waals surface area (Å²) in [5.74, 6) is 0.786. The Bertz CT molecular complexity index is 1150. The number of hydrogen-bond donors (Lipinski definition) is 2. The lowest BCUT2D eigenvalue weighted by Gasteiger charge is -2.17. The quantitative estimate of drug-likeness (QED) is 0.404. The molecule has 1 saturated carbocycles. The molecule has 1 aliphatic carbocycles. The van der Waals surface area contributed by atoms with E-state index in [-0.39, 0.29) is 29.2 Å². The van der Waals surface area contributed by atoms with Crippen LogP contribution in [-0.2, 0) is 11.2 Å². The van der Waals surface area contributed by atoms with Crippen molar-refractivity contribution in [3.05, 3.63) is 69.5 Å². The third-order valence-corrected chi connectivity index (χ3v) is 5.91. The Hall–Kier alpha value is -3.75. The van der Waals surface area contributed by atoms with Crippen LogP contribution in [0.15, 0.2) is 47.0 Å². The Morgan fingerprint density at radius 3 is 2.62 bits per heavy atom. The number of nitro benzene ring substituents is 1. The van der Waals surface area contributed by atoms with Crippen molar-refractivity contribution in [1.82, 2.24) is 15.5 Å². The second kappa shape index (κ2) is 8.41. The van der Waals surface area contributed by atoms with Gasteiger partial charge in [-0.05, 0) is 56.0 Å². The van der Waals surface area contributed by atoms with Crippen LogP contribution in [0.1, 0.15) is 42.6 Å². The predicted octanol–water partition coefficient (Wildman–Crippen LogP) is 3.90. The summed E-state index contributed by atoms with van der Waals surface area (Å²) in [6.07, 6.45) is 2.30. The Labute approximate surface area is 184 Å². The number of carbonyl (C=O) groups is 1. The molecule has 0 bridgehead atoms. The molecule has 0 saturated heterocycles. The Morgan fingerprint density at radius 2 is 2.00 bits per heavy atom. The predicted molar refractivity (Wildman–Crippen MR) is 116 cm³/mol. The fourth-order valence-corrected chi connectivity index (χ4v) is 3.71. The number of hydrogen-bond acceptors (Lipinski definition) is 7. The Morgan fingerprint density at radius 1 is 1.28 bits per heavy atom. The summed E-state index contributed by atoms with van der Waals surface area (Å²) in [6, 6.07) is 11.6. The van der Waals surface area contributed by atoms with Crippen molar-refractivity contribution in [1.29, 1.82) is 0 Å². The number of benzene rings is 2. The van der Waals surface area contributed by atoms with Crippen LogP contribution in [0.3, 0.4) is 0 Å². The van der Waals surface area contributed by atoms with Crippen LogP contribution in [0.25, 0.3) is 11.5 Å². The third kappa shape index (κ3) is 4.46. The van der Waals surface area contributed by atoms with Gasteiger partial charge in [-0.3, -0.25) is 14.9 Å². The van der Waals surface area contributed by atoms with Gasteiger partial charge in [-0.25, -0.2) is 0 Å². The first-order valence-electron chi connectivity index (χ1n) is 10.4. The number of carbonyl (C=O) groups excluding carboxylic acids is 1. The monoisotopic (exact) mass is 436 g/mol. The van der Waals surface area contributed by atoms with Crippen LogP contribution in [0, 0.1) is 22.5 Å². The SMILES string of the molecule is Cc1cc(-c2nc(C(C)CNC(=O)C3(Cc4ccc(O)cc4)CC3)no2)ccc1[N+](=O)[O-]. The molecule has 1 fully saturated rings. The average Bonchev–Trinajstić information content (AvgIpc) is 3.37. The molecule has 0 spiro atoms. The van der Waals surface area contributed by atoms with Crippen molar-refractivity contribution < 1.29 is 19.3 Å². The summed E-state index contributed by atoms with van der Waals surface area (Å²) >= 11 is 0. The molecule has 9 heteroatoms. The van der Waals surface area contributed by atoms with Crippen molar-refractivity contribution in [2.45, 2.75) is 39.0 Å². The first kappa shape index (κ1) is 21.5. The number of rotatable bonds is 8. The smallest absolute Gasteiger partial charge is 0.272 e. The van der Waals surface area contributed by atoms with E-state index in [0.29, 0.717) is 29.9 Å². The Balaban J connectivity index is 1.37. The maximum absolute atomic E-state index is 12.8. The van der Waals surface area contributed by atoms with E-state index in [9.17, 15) is 20.0 Å². The molecule has 2 aromatic carbocycles. The average molecular weight is 436 g/mol. The van der Waals surface area contributed by atoms with Crippen LogP contribution in [0.5, 0.6) is 5.75 Å². The second-order valence-corrected chi connectivity index (χ2v) is 8.45. The van der Waals surface area contributed by atoms with Crippen molar-refractivity contribution in [3.63, 3.8) is 0 Å². The first-order chi connectivity index (χ1) is 15.3. The molecule has 1 amide bonds. The number of nitrogens with one attached hydrogen (secondary N) is 1. The zero-order valence-corrected chi connectivity index (χ0v) is 17.9. The zero-order valence-electron chi connectivity index (χ0n) is 17.9. The number of nitro groups is 1. The lowest BCUT2D eigenvalue weighted by atomic mass is 9.95. The van der Waals surface area contributed by atoms with E-state index < -0.39 is 10.3 Å². The lowest BCUT2D eigenvalue weighted by molar-refractivity contribution is -0.385. The molecular weight excluding hydrogens is 412 g/mol. The molecule has 1 aliphatic rings. The molecule has 2 N–H and O–H groups in total. The highest BCUT2D eigenvalue weighted by molar-refractivity contribution is 5.85. The zero-order chi connectivity index (χ0) is 22.9. The molecule has 1 aromatic heterocycles. The van der Waals surface area contributed by atoms with Crippen molar-refractivity contribution in [3.8, 4) is 17.2 Å². The summed E-state index contributed by atoms with van der Waals surface area (Å²) in [7, 11) is 0. The van der Waals surface area contributed by atoms with Gasteiger partial charge in [-0.2, -0.15) is 4.98 Å². The maximum Gasteiger partial charge on any atom is 0.272 e. The summed E-state index contributed by atoms with van der Waals surface area (Å²) in [5.41, 5.74) is 1.77. The molecule has 1 unspecified atom stereocenters. The molecule has 32 heavy (non-hydrogen) atoms. The van der Waals surface area contributed by atoms with E-state index in [1.807, 2.05) is 19.1 Å². The van der Waals surface area contributed by atoms with Gasteiger partial charge in [0.1, 0.15) is 5.75 Å². The van der Waals surface area contributed by atoms with E-state index in [2.05, 4.69) is 15.5 Å². The van der Waals surface area contributed by atoms with Crippen LogP contribution in [-0.4, -0.2) is 32.6 Å². The van der Waals surface area contributed by atoms with Crippen molar-refractivity contribution >= 4 is 11.6 Å². The number of phenolic OH excluding ortho intramolecular Hbond substituents is 1. The van der Waals surface area contributed by atoms with Crippen molar-refractivity contribution in [2.24, 2.45) is 5.41 Å². The van der Waals surface area contributed by atoms with Gasteiger partial charge >= 0.3 is 0 Å². The molecule has 0 aliphatic heterocycles. The van der Waals surface area contributed by atoms with E-state index in [1.165, 1.54) is 6.07 Å². The number of phenols is 1. The van der Waals surface area contributed by atoms with Crippen LogP contribution in [0.4, 0.5) is 5.69 Å². The number of aromatic nitrogens is 2. The highest BCUT2D eigenvalue weighted by atomic mass is 16.6. The topological polar surface area (TPSA) is 131 Å². The second-order valence-electron chi connectivity index (χ2n) is 8.45. The highest BCUT2D eigenvalue weighted by Gasteiger charge is 2.49. The fraction of sp³-hybridized carbons (Fsp3) is 0.348. The number of amides is 1. The fourth-order valence-electron chi connectivity index (χ4n) is 3.71. The van der Waals surface area contributed by atoms with E-state index in [0.717, 1.165) is 18.4 Å². The van der Waals surface area contributed by atoms with Gasteiger partial charge in [0.05, 0.1) is 10.3 Å². The number of aryl methyl sites for hydroxylation is 1. The lowest BCUT2D eigenvalue weighted by Crippen LogP contribution is -2.35. The molecule has 9 nitrogen and oxygen atoms in total. The van der Waals surface area contributed by atoms with Gasteiger partial charge in [-0.15, -0.1) is 0 Å². The van der Waals surface area contributed by atoms with E-state index in [1.54, 1.807) is 31.2 Å². The summed E-state index contributed by atoms with van der Waals surface area (Å²) in [6.45, 7) is 3.92.